The predicted molar refractivity (Wildman–Crippen MR) is 67.2 cm³/mol. The second-order valence-electron chi connectivity index (χ2n) is 3.89. The van der Waals surface area contributed by atoms with Gasteiger partial charge in [-0.15, -0.1) is 0 Å². The maximum Gasteiger partial charge on any atom is 0.181 e. The largest absolute Gasteiger partial charge is 0.223 e. The van der Waals surface area contributed by atoms with E-state index in [4.69, 9.17) is 0 Å². The molecule has 0 aromatic heterocycles. The summed E-state index contributed by atoms with van der Waals surface area (Å²) in [5.74, 6) is 0.100. The van der Waals surface area contributed by atoms with Crippen molar-refractivity contribution in [1.29, 1.82) is 0 Å². The summed E-state index contributed by atoms with van der Waals surface area (Å²) in [7, 11) is -3.15. The zero-order valence-corrected chi connectivity index (χ0v) is 10.6. The van der Waals surface area contributed by atoms with Crippen LogP contribution in [0, 0.1) is 0 Å². The van der Waals surface area contributed by atoms with Gasteiger partial charge in [-0.1, -0.05) is 43.2 Å². The Morgan fingerprint density at radius 2 is 1.88 bits per heavy atom. The second-order valence-corrected chi connectivity index (χ2v) is 5.93. The van der Waals surface area contributed by atoms with E-state index >= 15 is 0 Å². The Morgan fingerprint density at radius 3 is 2.44 bits per heavy atom. The molecule has 0 aliphatic carbocycles. The van der Waals surface area contributed by atoms with Crippen molar-refractivity contribution >= 4 is 9.84 Å². The minimum atomic E-state index is -3.15. The Labute approximate surface area is 97.9 Å². The van der Waals surface area contributed by atoms with E-state index < -0.39 is 9.84 Å². The monoisotopic (exact) mass is 238 g/mol. The first-order chi connectivity index (χ1) is 7.56. The lowest BCUT2D eigenvalue weighted by molar-refractivity contribution is 0.599. The van der Waals surface area contributed by atoms with Gasteiger partial charge in [0.2, 0.25) is 0 Å². The Kier molecular flexibility index (Phi) is 4.74. The molecule has 0 bridgehead atoms. The van der Waals surface area contributed by atoms with Gasteiger partial charge in [-0.3, -0.25) is 0 Å². The number of allylic oxidation sites excluding steroid dienone is 1. The van der Waals surface area contributed by atoms with E-state index in [-0.39, 0.29) is 5.75 Å². The molecule has 2 nitrogen and oxygen atoms in total. The molecule has 0 aliphatic heterocycles. The Hall–Kier alpha value is -1.09. The molecule has 0 amide bonds. The molecule has 0 spiro atoms. The first-order valence-corrected chi connectivity index (χ1v) is 7.15. The fourth-order valence-corrected chi connectivity index (χ4v) is 2.74. The fraction of sp³-hybridized carbons (Fsp3) is 0.385. The molecular weight excluding hydrogens is 220 g/mol. The summed E-state index contributed by atoms with van der Waals surface area (Å²) in [6, 6.07) is 8.58. The molecule has 1 rings (SSSR count). The summed E-state index contributed by atoms with van der Waals surface area (Å²) in [6.45, 7) is 4.06. The Balaban J connectivity index is 2.78. The van der Waals surface area contributed by atoms with Gasteiger partial charge < -0.3 is 0 Å². The van der Waals surface area contributed by atoms with Gasteiger partial charge in [-0.25, -0.2) is 8.42 Å². The molecule has 0 fully saturated rings. The zero-order valence-electron chi connectivity index (χ0n) is 9.81. The highest BCUT2D eigenvalue weighted by molar-refractivity contribution is 7.91. The van der Waals surface area contributed by atoms with Crippen molar-refractivity contribution in [2.45, 2.75) is 31.6 Å². The predicted octanol–water partition coefficient (Wildman–Crippen LogP) is 3.21. The second kappa shape index (κ2) is 5.85. The fourth-order valence-electron chi connectivity index (χ4n) is 1.47. The van der Waals surface area contributed by atoms with Gasteiger partial charge in [0.05, 0.1) is 10.6 Å². The number of rotatable bonds is 5. The molecule has 0 saturated heterocycles. The highest BCUT2D eigenvalue weighted by Crippen LogP contribution is 2.12. The molecule has 1 aromatic rings. The quantitative estimate of drug-likeness (QED) is 0.738. The molecule has 3 heteroatoms. The molecule has 0 unspecified atom stereocenters. The van der Waals surface area contributed by atoms with E-state index in [0.29, 0.717) is 4.90 Å². The third-order valence-electron chi connectivity index (χ3n) is 2.40. The summed E-state index contributed by atoms with van der Waals surface area (Å²) in [4.78, 5) is 0.399. The van der Waals surface area contributed by atoms with Crippen molar-refractivity contribution in [2.24, 2.45) is 0 Å². The first-order valence-electron chi connectivity index (χ1n) is 5.49. The SMILES string of the molecule is CCC/C(C)=C/CS(=O)(=O)c1ccccc1. The summed E-state index contributed by atoms with van der Waals surface area (Å²) in [5, 5.41) is 0. The number of sulfone groups is 1. The van der Waals surface area contributed by atoms with Gasteiger partial charge in [-0.2, -0.15) is 0 Å². The highest BCUT2D eigenvalue weighted by atomic mass is 32.2. The molecule has 0 N–H and O–H groups in total. The van der Waals surface area contributed by atoms with Gasteiger partial charge in [0, 0.05) is 0 Å². The third kappa shape index (κ3) is 3.81. The van der Waals surface area contributed by atoms with Crippen molar-refractivity contribution in [3.05, 3.63) is 42.0 Å². The van der Waals surface area contributed by atoms with Crippen LogP contribution in [-0.4, -0.2) is 14.2 Å². The maximum absolute atomic E-state index is 11.9. The van der Waals surface area contributed by atoms with Crippen LogP contribution in [0.25, 0.3) is 0 Å². The van der Waals surface area contributed by atoms with Crippen molar-refractivity contribution in [3.8, 4) is 0 Å². The van der Waals surface area contributed by atoms with Crippen LogP contribution < -0.4 is 0 Å². The minimum Gasteiger partial charge on any atom is -0.223 e. The lowest BCUT2D eigenvalue weighted by Gasteiger charge is -2.02. The van der Waals surface area contributed by atoms with Crippen molar-refractivity contribution < 1.29 is 8.42 Å². The molecule has 0 heterocycles. The smallest absolute Gasteiger partial charge is 0.181 e. The van der Waals surface area contributed by atoms with Gasteiger partial charge >= 0.3 is 0 Å². The highest BCUT2D eigenvalue weighted by Gasteiger charge is 2.11. The van der Waals surface area contributed by atoms with Crippen LogP contribution in [0.15, 0.2) is 46.9 Å². The van der Waals surface area contributed by atoms with E-state index in [1.807, 2.05) is 19.1 Å². The van der Waals surface area contributed by atoms with Gasteiger partial charge in [0.15, 0.2) is 9.84 Å². The summed E-state index contributed by atoms with van der Waals surface area (Å²) >= 11 is 0. The molecule has 0 radical (unpaired) electrons. The van der Waals surface area contributed by atoms with Crippen molar-refractivity contribution in [2.75, 3.05) is 5.75 Å². The topological polar surface area (TPSA) is 34.1 Å². The van der Waals surface area contributed by atoms with E-state index in [9.17, 15) is 8.42 Å². The molecule has 88 valence electrons. The Bertz CT molecular complexity index is 444. The third-order valence-corrected chi connectivity index (χ3v) is 3.99. The van der Waals surface area contributed by atoms with Crippen LogP contribution in [0.1, 0.15) is 26.7 Å². The van der Waals surface area contributed by atoms with Crippen LogP contribution in [0.3, 0.4) is 0 Å². The van der Waals surface area contributed by atoms with Gasteiger partial charge in [0.1, 0.15) is 0 Å². The van der Waals surface area contributed by atoms with Crippen LogP contribution in [0.2, 0.25) is 0 Å². The average molecular weight is 238 g/mol. The number of hydrogen-bond donors (Lipinski definition) is 0. The first kappa shape index (κ1) is 13.0. The van der Waals surface area contributed by atoms with E-state index in [1.54, 1.807) is 24.3 Å². The Morgan fingerprint density at radius 1 is 1.25 bits per heavy atom. The van der Waals surface area contributed by atoms with E-state index in [0.717, 1.165) is 18.4 Å². The van der Waals surface area contributed by atoms with Crippen LogP contribution >= 0.6 is 0 Å². The minimum absolute atomic E-state index is 0.100. The lowest BCUT2D eigenvalue weighted by Crippen LogP contribution is -2.04. The molecule has 16 heavy (non-hydrogen) atoms. The molecular formula is C13H18O2S. The van der Waals surface area contributed by atoms with Crippen LogP contribution in [-0.2, 0) is 9.84 Å². The molecule has 1 aromatic carbocycles. The normalized spacial score (nSPS) is 12.8. The van der Waals surface area contributed by atoms with Crippen molar-refractivity contribution in [3.63, 3.8) is 0 Å². The van der Waals surface area contributed by atoms with Crippen molar-refractivity contribution in [1.82, 2.24) is 0 Å². The molecule has 0 saturated carbocycles. The van der Waals surface area contributed by atoms with E-state index in [2.05, 4.69) is 6.92 Å². The lowest BCUT2D eigenvalue weighted by atomic mass is 10.2. The molecule has 0 atom stereocenters. The molecule has 0 aliphatic rings. The van der Waals surface area contributed by atoms with Gasteiger partial charge in [0.25, 0.3) is 0 Å². The van der Waals surface area contributed by atoms with Crippen LogP contribution in [0.5, 0.6) is 0 Å². The number of hydrogen-bond acceptors (Lipinski definition) is 2. The summed E-state index contributed by atoms with van der Waals surface area (Å²) in [6.07, 6.45) is 3.82. The van der Waals surface area contributed by atoms with Crippen LogP contribution in [0.4, 0.5) is 0 Å². The average Bonchev–Trinajstić information content (AvgIpc) is 2.28. The maximum atomic E-state index is 11.9. The summed E-state index contributed by atoms with van der Waals surface area (Å²) in [5.41, 5.74) is 1.14. The summed E-state index contributed by atoms with van der Waals surface area (Å²) < 4.78 is 23.8. The standard InChI is InChI=1S/C13H18O2S/c1-3-7-12(2)10-11-16(14,15)13-8-5-4-6-9-13/h4-6,8-10H,3,7,11H2,1-2H3/b12-10+. The van der Waals surface area contributed by atoms with Gasteiger partial charge in [-0.05, 0) is 25.5 Å². The zero-order chi connectivity index (χ0) is 12.0. The van der Waals surface area contributed by atoms with E-state index in [1.165, 1.54) is 0 Å². The number of benzene rings is 1.